The highest BCUT2D eigenvalue weighted by atomic mass is 16.8. The van der Waals surface area contributed by atoms with E-state index < -0.39 is 18.9 Å². The van der Waals surface area contributed by atoms with Crippen molar-refractivity contribution in [3.05, 3.63) is 12.2 Å². The normalized spacial score (nSPS) is 49.2. The second kappa shape index (κ2) is 5.26. The van der Waals surface area contributed by atoms with Crippen LogP contribution in [0.25, 0.3) is 0 Å². The zero-order valence-corrected chi connectivity index (χ0v) is 15.7. The Labute approximate surface area is 154 Å². The molecule has 7 fully saturated rings. The van der Waals surface area contributed by atoms with Gasteiger partial charge in [-0.25, -0.2) is 9.59 Å². The summed E-state index contributed by atoms with van der Waals surface area (Å²) in [4.78, 5) is 23.6. The number of rotatable bonds is 4. The lowest BCUT2D eigenvalue weighted by atomic mass is 9.32. The molecule has 5 nitrogen and oxygen atoms in total. The number of carbonyl (C=O) groups excluding carboxylic acids is 2. The van der Waals surface area contributed by atoms with Gasteiger partial charge in [0.25, 0.3) is 0 Å². The molecular weight excluding hydrogens is 332 g/mol. The molecular formula is C21H28O5. The van der Waals surface area contributed by atoms with Gasteiger partial charge in [-0.3, -0.25) is 0 Å². The summed E-state index contributed by atoms with van der Waals surface area (Å²) in [7, 11) is 0. The van der Waals surface area contributed by atoms with Gasteiger partial charge in [0.1, 0.15) is 5.60 Å². The highest BCUT2D eigenvalue weighted by Gasteiger charge is 2.70. The Morgan fingerprint density at radius 2 is 1.35 bits per heavy atom. The summed E-state index contributed by atoms with van der Waals surface area (Å²) >= 11 is 0. The predicted octanol–water partition coefficient (Wildman–Crippen LogP) is 4.07. The Balaban J connectivity index is 1.25. The van der Waals surface area contributed by atoms with Crippen molar-refractivity contribution in [3.8, 4) is 0 Å². The predicted molar refractivity (Wildman–Crippen MR) is 92.8 cm³/mol. The maximum Gasteiger partial charge on any atom is 0.511 e. The lowest BCUT2D eigenvalue weighted by molar-refractivity contribution is -0.275. The van der Waals surface area contributed by atoms with Crippen molar-refractivity contribution in [1.82, 2.24) is 0 Å². The topological polar surface area (TPSA) is 61.8 Å². The van der Waals surface area contributed by atoms with Crippen LogP contribution >= 0.6 is 0 Å². The summed E-state index contributed by atoms with van der Waals surface area (Å²) in [5.41, 5.74) is 0.514. The van der Waals surface area contributed by atoms with Crippen molar-refractivity contribution in [2.75, 3.05) is 6.79 Å². The molecule has 0 saturated heterocycles. The van der Waals surface area contributed by atoms with Gasteiger partial charge in [-0.15, -0.1) is 0 Å². The van der Waals surface area contributed by atoms with E-state index in [1.54, 1.807) is 6.92 Å². The summed E-state index contributed by atoms with van der Waals surface area (Å²) in [6.07, 6.45) is 6.42. The molecule has 0 amide bonds. The standard InChI is InChI=1S/C21H28O5/c1-11(2)18(22)24-10-25-19(23)26-21-7-15-12-4-20(3)5-13(15)17(9-21)14(6-20)16(12)8-21/h12-17H,1,4-10H2,2-3H3. The van der Waals surface area contributed by atoms with E-state index in [9.17, 15) is 9.59 Å². The molecule has 5 heteroatoms. The molecule has 0 aromatic rings. The quantitative estimate of drug-likeness (QED) is 0.430. The van der Waals surface area contributed by atoms with Gasteiger partial charge in [-0.1, -0.05) is 13.5 Å². The number of hydrogen-bond acceptors (Lipinski definition) is 5. The third-order valence-corrected chi connectivity index (χ3v) is 8.32. The van der Waals surface area contributed by atoms with Crippen LogP contribution in [0.1, 0.15) is 52.4 Å². The van der Waals surface area contributed by atoms with Crippen LogP contribution in [0, 0.1) is 40.9 Å². The van der Waals surface area contributed by atoms with Crippen LogP contribution in [0.15, 0.2) is 12.2 Å². The maximum atomic E-state index is 12.2. The van der Waals surface area contributed by atoms with Gasteiger partial charge >= 0.3 is 12.1 Å². The van der Waals surface area contributed by atoms with E-state index in [1.165, 1.54) is 19.3 Å². The molecule has 26 heavy (non-hydrogen) atoms. The van der Waals surface area contributed by atoms with Crippen molar-refractivity contribution >= 4 is 12.1 Å². The van der Waals surface area contributed by atoms with E-state index in [-0.39, 0.29) is 11.2 Å². The molecule has 0 aromatic heterocycles. The molecule has 0 aliphatic heterocycles. The lowest BCUT2D eigenvalue weighted by Crippen LogP contribution is -2.69. The third kappa shape index (κ3) is 2.28. The fourth-order valence-corrected chi connectivity index (χ4v) is 7.80. The van der Waals surface area contributed by atoms with Crippen molar-refractivity contribution in [1.29, 1.82) is 0 Å². The fraction of sp³-hybridized carbons (Fsp3) is 0.810. The molecule has 0 aromatic carbocycles. The average molecular weight is 360 g/mol. The van der Waals surface area contributed by atoms with Crippen LogP contribution in [-0.4, -0.2) is 24.5 Å². The molecule has 7 aliphatic rings. The first-order valence-corrected chi connectivity index (χ1v) is 9.98. The Hall–Kier alpha value is -1.52. The van der Waals surface area contributed by atoms with Crippen LogP contribution in [0.3, 0.4) is 0 Å². The van der Waals surface area contributed by atoms with Crippen molar-refractivity contribution in [2.45, 2.75) is 58.0 Å². The number of ether oxygens (including phenoxy) is 3. The zero-order valence-electron chi connectivity index (χ0n) is 15.7. The second-order valence-electron chi connectivity index (χ2n) is 10.0. The van der Waals surface area contributed by atoms with Crippen LogP contribution < -0.4 is 0 Å². The summed E-state index contributed by atoms with van der Waals surface area (Å²) < 4.78 is 15.7. The molecule has 0 N–H and O–H groups in total. The molecule has 0 unspecified atom stereocenters. The average Bonchev–Trinajstić information content (AvgIpc) is 2.57. The zero-order chi connectivity index (χ0) is 18.3. The number of esters is 1. The minimum atomic E-state index is -0.704. The van der Waals surface area contributed by atoms with Gasteiger partial charge in [0.2, 0.25) is 6.79 Å². The summed E-state index contributed by atoms with van der Waals surface area (Å²) in [6, 6.07) is 0. The Morgan fingerprint density at radius 3 is 1.81 bits per heavy atom. The van der Waals surface area contributed by atoms with E-state index in [0.29, 0.717) is 5.41 Å². The third-order valence-electron chi connectivity index (χ3n) is 8.32. The Morgan fingerprint density at radius 1 is 0.885 bits per heavy atom. The molecule has 0 radical (unpaired) electrons. The lowest BCUT2D eigenvalue weighted by Gasteiger charge is -2.73. The first-order valence-electron chi connectivity index (χ1n) is 9.98. The maximum absolute atomic E-state index is 12.2. The smallest absolute Gasteiger partial charge is 0.428 e. The summed E-state index contributed by atoms with van der Waals surface area (Å²) in [5, 5.41) is 0. The van der Waals surface area contributed by atoms with E-state index >= 15 is 0 Å². The first kappa shape index (κ1) is 16.6. The van der Waals surface area contributed by atoms with Gasteiger partial charge in [-0.2, -0.15) is 0 Å². The van der Waals surface area contributed by atoms with Crippen LogP contribution in [0.5, 0.6) is 0 Å². The van der Waals surface area contributed by atoms with E-state index in [0.717, 1.165) is 54.8 Å². The van der Waals surface area contributed by atoms with Gasteiger partial charge in [0, 0.05) is 5.57 Å². The molecule has 7 saturated carbocycles. The van der Waals surface area contributed by atoms with Crippen LogP contribution in [-0.2, 0) is 19.0 Å². The number of hydrogen-bond donors (Lipinski definition) is 0. The highest BCUT2D eigenvalue weighted by molar-refractivity contribution is 5.86. The van der Waals surface area contributed by atoms with Crippen molar-refractivity contribution in [2.24, 2.45) is 40.9 Å². The van der Waals surface area contributed by atoms with Gasteiger partial charge < -0.3 is 14.2 Å². The van der Waals surface area contributed by atoms with Crippen LogP contribution in [0.4, 0.5) is 4.79 Å². The Bertz CT molecular complexity index is 617. The highest BCUT2D eigenvalue weighted by Crippen LogP contribution is 2.75. The molecule has 7 aliphatic carbocycles. The second-order valence-corrected chi connectivity index (χ2v) is 10.0. The molecule has 7 rings (SSSR count). The fourth-order valence-electron chi connectivity index (χ4n) is 7.80. The molecule has 0 spiro atoms. The van der Waals surface area contributed by atoms with E-state index in [2.05, 4.69) is 13.5 Å². The van der Waals surface area contributed by atoms with Crippen LogP contribution in [0.2, 0.25) is 0 Å². The Kier molecular flexibility index (Phi) is 3.37. The molecule has 142 valence electrons. The summed E-state index contributed by atoms with van der Waals surface area (Å²) in [5.74, 6) is 4.16. The molecule has 0 atom stereocenters. The molecule has 8 bridgehead atoms. The number of carbonyl (C=O) groups is 2. The van der Waals surface area contributed by atoms with Crippen molar-refractivity contribution < 1.29 is 23.8 Å². The van der Waals surface area contributed by atoms with Gasteiger partial charge in [0.05, 0.1) is 0 Å². The SMILES string of the molecule is C=C(C)C(=O)OCOC(=O)OC12CC3C4CC5(C)CC3C(C1)C(C5)C4C2. The first-order chi connectivity index (χ1) is 12.3. The largest absolute Gasteiger partial charge is 0.511 e. The summed E-state index contributed by atoms with van der Waals surface area (Å²) in [6.45, 7) is 7.14. The van der Waals surface area contributed by atoms with E-state index in [4.69, 9.17) is 14.2 Å². The van der Waals surface area contributed by atoms with Gasteiger partial charge in [0.15, 0.2) is 0 Å². The van der Waals surface area contributed by atoms with Crippen molar-refractivity contribution in [3.63, 3.8) is 0 Å². The van der Waals surface area contributed by atoms with E-state index in [1.807, 2.05) is 0 Å². The monoisotopic (exact) mass is 360 g/mol. The van der Waals surface area contributed by atoms with Gasteiger partial charge in [-0.05, 0) is 86.4 Å². The minimum absolute atomic E-state index is 0.280. The minimum Gasteiger partial charge on any atom is -0.428 e. The molecule has 0 heterocycles.